The highest BCUT2D eigenvalue weighted by atomic mass is 32.1. The topological polar surface area (TPSA) is 45.2 Å². The lowest BCUT2D eigenvalue weighted by Gasteiger charge is -2.32. The number of carbonyl (C=O) groups is 1. The summed E-state index contributed by atoms with van der Waals surface area (Å²) in [7, 11) is 0. The van der Waals surface area contributed by atoms with Gasteiger partial charge in [-0.15, -0.1) is 11.3 Å². The first kappa shape index (κ1) is 17.7. The molecule has 2 aliphatic rings. The number of nitrogens with zero attached hydrogens (tertiary/aromatic N) is 2. The highest BCUT2D eigenvalue weighted by Crippen LogP contribution is 2.35. The first-order chi connectivity index (χ1) is 11.4. The fourth-order valence-corrected chi connectivity index (χ4v) is 4.41. The van der Waals surface area contributed by atoms with Gasteiger partial charge in [-0.2, -0.15) is 13.2 Å². The van der Waals surface area contributed by atoms with Crippen molar-refractivity contribution >= 4 is 17.2 Å². The largest absolute Gasteiger partial charge is 0.434 e. The maximum Gasteiger partial charge on any atom is 0.434 e. The van der Waals surface area contributed by atoms with Crippen LogP contribution in [0.15, 0.2) is 5.38 Å². The van der Waals surface area contributed by atoms with Gasteiger partial charge in [-0.25, -0.2) is 4.98 Å². The zero-order valence-electron chi connectivity index (χ0n) is 13.4. The molecule has 1 aromatic rings. The molecule has 2 fully saturated rings. The van der Waals surface area contributed by atoms with Crippen LogP contribution in [0.2, 0.25) is 0 Å². The Morgan fingerprint density at radius 3 is 2.92 bits per heavy atom. The first-order valence-corrected chi connectivity index (χ1v) is 9.32. The molecule has 1 aromatic heterocycles. The molecule has 4 nitrogen and oxygen atoms in total. The number of piperidine rings is 1. The molecular formula is C16H22F3N3OS. The van der Waals surface area contributed by atoms with Crippen LogP contribution in [-0.2, 0) is 11.0 Å². The van der Waals surface area contributed by atoms with Crippen LogP contribution in [0, 0.1) is 5.92 Å². The fourth-order valence-electron chi connectivity index (χ4n) is 3.46. The molecule has 2 atom stereocenters. The number of alkyl halides is 3. The van der Waals surface area contributed by atoms with E-state index in [4.69, 9.17) is 0 Å². The van der Waals surface area contributed by atoms with Crippen molar-refractivity contribution in [2.75, 3.05) is 26.2 Å². The Bertz CT molecular complexity index is 569. The Balaban J connectivity index is 1.55. The Kier molecular flexibility index (Phi) is 5.44. The number of amides is 1. The van der Waals surface area contributed by atoms with E-state index in [1.165, 1.54) is 0 Å². The van der Waals surface area contributed by atoms with Gasteiger partial charge >= 0.3 is 6.18 Å². The summed E-state index contributed by atoms with van der Waals surface area (Å²) in [5.74, 6) is 0.624. The summed E-state index contributed by atoms with van der Waals surface area (Å²) in [4.78, 5) is 18.0. The van der Waals surface area contributed by atoms with Gasteiger partial charge in [-0.05, 0) is 44.7 Å². The molecule has 1 amide bonds. The molecular weight excluding hydrogens is 339 g/mol. The third kappa shape index (κ3) is 4.27. The van der Waals surface area contributed by atoms with Crippen LogP contribution in [0.5, 0.6) is 0 Å². The van der Waals surface area contributed by atoms with Crippen LogP contribution < -0.4 is 5.32 Å². The number of hydrogen-bond acceptors (Lipinski definition) is 4. The molecule has 3 rings (SSSR count). The van der Waals surface area contributed by atoms with Crippen LogP contribution in [0.3, 0.4) is 0 Å². The number of hydrogen-bond donors (Lipinski definition) is 1. The summed E-state index contributed by atoms with van der Waals surface area (Å²) in [6, 6.07) is 0. The molecule has 3 heterocycles. The molecule has 0 aliphatic carbocycles. The maximum absolute atomic E-state index is 12.7. The van der Waals surface area contributed by atoms with Crippen molar-refractivity contribution in [1.82, 2.24) is 15.2 Å². The van der Waals surface area contributed by atoms with E-state index in [0.29, 0.717) is 30.4 Å². The van der Waals surface area contributed by atoms with E-state index in [1.54, 1.807) is 0 Å². The Morgan fingerprint density at radius 1 is 1.42 bits per heavy atom. The molecule has 2 saturated heterocycles. The third-order valence-electron chi connectivity index (χ3n) is 4.86. The van der Waals surface area contributed by atoms with Gasteiger partial charge in [0.15, 0.2) is 5.69 Å². The van der Waals surface area contributed by atoms with E-state index in [1.807, 2.05) is 4.90 Å². The highest BCUT2D eigenvalue weighted by Gasteiger charge is 2.35. The molecule has 8 heteroatoms. The van der Waals surface area contributed by atoms with E-state index in [-0.39, 0.29) is 11.8 Å². The molecule has 134 valence electrons. The van der Waals surface area contributed by atoms with Crippen molar-refractivity contribution in [3.05, 3.63) is 16.1 Å². The minimum absolute atomic E-state index is 0.0723. The number of likely N-dealkylation sites (tertiary alicyclic amines) is 1. The van der Waals surface area contributed by atoms with Gasteiger partial charge in [0.2, 0.25) is 5.91 Å². The molecule has 1 N–H and O–H groups in total. The number of carbonyl (C=O) groups excluding carboxylic acids is 1. The summed E-state index contributed by atoms with van der Waals surface area (Å²) < 4.78 is 38.1. The number of rotatable bonds is 4. The van der Waals surface area contributed by atoms with Crippen LogP contribution in [0.25, 0.3) is 0 Å². The molecule has 0 aromatic carbocycles. The minimum atomic E-state index is -4.39. The van der Waals surface area contributed by atoms with E-state index in [2.05, 4.69) is 10.3 Å². The van der Waals surface area contributed by atoms with E-state index in [0.717, 1.165) is 55.5 Å². The average Bonchev–Trinajstić information content (AvgIpc) is 3.23. The third-order valence-corrected chi connectivity index (χ3v) is 5.87. The van der Waals surface area contributed by atoms with Crippen molar-refractivity contribution in [2.24, 2.45) is 5.92 Å². The van der Waals surface area contributed by atoms with Gasteiger partial charge < -0.3 is 10.2 Å². The van der Waals surface area contributed by atoms with E-state index >= 15 is 0 Å². The van der Waals surface area contributed by atoms with Crippen molar-refractivity contribution in [1.29, 1.82) is 0 Å². The van der Waals surface area contributed by atoms with Crippen LogP contribution in [-0.4, -0.2) is 42.0 Å². The summed E-state index contributed by atoms with van der Waals surface area (Å²) in [5.41, 5.74) is -0.820. The van der Waals surface area contributed by atoms with Gasteiger partial charge in [0.25, 0.3) is 0 Å². The van der Waals surface area contributed by atoms with Crippen LogP contribution >= 0.6 is 11.3 Å². The lowest BCUT2D eigenvalue weighted by molar-refractivity contribution is -0.141. The average molecular weight is 361 g/mol. The SMILES string of the molecule is O=C(CCC1CCNC1)N1CCCC(c2nc(C(F)(F)F)cs2)C1. The monoisotopic (exact) mass is 361 g/mol. The molecule has 0 radical (unpaired) electrons. The van der Waals surface area contributed by atoms with Crippen molar-refractivity contribution in [3.63, 3.8) is 0 Å². The maximum atomic E-state index is 12.7. The van der Waals surface area contributed by atoms with Crippen molar-refractivity contribution in [2.45, 2.75) is 44.2 Å². The summed E-state index contributed by atoms with van der Waals surface area (Å²) in [6.07, 6.45) is -0.236. The number of aromatic nitrogens is 1. The lowest BCUT2D eigenvalue weighted by atomic mass is 9.97. The Labute approximate surface area is 143 Å². The fraction of sp³-hybridized carbons (Fsp3) is 0.750. The lowest BCUT2D eigenvalue weighted by Crippen LogP contribution is -2.39. The smallest absolute Gasteiger partial charge is 0.342 e. The molecule has 2 unspecified atom stereocenters. The zero-order valence-corrected chi connectivity index (χ0v) is 14.3. The molecule has 24 heavy (non-hydrogen) atoms. The quantitative estimate of drug-likeness (QED) is 0.895. The number of nitrogens with one attached hydrogen (secondary N) is 1. The first-order valence-electron chi connectivity index (χ1n) is 8.44. The van der Waals surface area contributed by atoms with Crippen molar-refractivity contribution in [3.8, 4) is 0 Å². The van der Waals surface area contributed by atoms with Gasteiger partial charge in [0, 0.05) is 30.8 Å². The summed E-state index contributed by atoms with van der Waals surface area (Å²) >= 11 is 1.05. The second-order valence-corrected chi connectivity index (χ2v) is 7.53. The molecule has 0 bridgehead atoms. The Morgan fingerprint density at radius 2 is 2.25 bits per heavy atom. The number of thiazole rings is 1. The normalized spacial score (nSPS) is 25.2. The van der Waals surface area contributed by atoms with Gasteiger partial charge in [0.1, 0.15) is 0 Å². The predicted molar refractivity (Wildman–Crippen MR) is 85.9 cm³/mol. The second kappa shape index (κ2) is 7.39. The predicted octanol–water partition coefficient (Wildman–Crippen LogP) is 3.26. The van der Waals surface area contributed by atoms with Crippen LogP contribution in [0.4, 0.5) is 13.2 Å². The Hall–Kier alpha value is -1.15. The minimum Gasteiger partial charge on any atom is -0.342 e. The zero-order chi connectivity index (χ0) is 17.2. The second-order valence-electron chi connectivity index (χ2n) is 6.65. The van der Waals surface area contributed by atoms with Crippen LogP contribution in [0.1, 0.15) is 48.7 Å². The van der Waals surface area contributed by atoms with E-state index in [9.17, 15) is 18.0 Å². The van der Waals surface area contributed by atoms with Gasteiger partial charge in [-0.3, -0.25) is 4.79 Å². The van der Waals surface area contributed by atoms with E-state index < -0.39 is 11.9 Å². The molecule has 0 spiro atoms. The summed E-state index contributed by atoms with van der Waals surface area (Å²) in [5, 5.41) is 4.87. The van der Waals surface area contributed by atoms with Crippen molar-refractivity contribution < 1.29 is 18.0 Å². The highest BCUT2D eigenvalue weighted by molar-refractivity contribution is 7.09. The summed E-state index contributed by atoms with van der Waals surface area (Å²) in [6.45, 7) is 3.20. The standard InChI is InChI=1S/C16H22F3N3OS/c17-16(18,19)13-10-24-15(21-13)12-2-1-7-22(9-12)14(23)4-3-11-5-6-20-8-11/h10-12,20H,1-9H2. The van der Waals surface area contributed by atoms with Gasteiger partial charge in [-0.1, -0.05) is 0 Å². The number of halogens is 3. The molecule has 0 saturated carbocycles. The molecule has 2 aliphatic heterocycles. The van der Waals surface area contributed by atoms with Gasteiger partial charge in [0.05, 0.1) is 5.01 Å².